The minimum Gasteiger partial charge on any atom is -0.395 e. The molecule has 1 aliphatic heterocycles. The second-order valence-electron chi connectivity index (χ2n) is 6.30. The molecule has 1 amide bonds. The quantitative estimate of drug-likeness (QED) is 0.725. The smallest absolute Gasteiger partial charge is 0.245 e. The minimum atomic E-state index is -3.84. The van der Waals surface area contributed by atoms with Gasteiger partial charge in [-0.2, -0.15) is 4.31 Å². The van der Waals surface area contributed by atoms with Gasteiger partial charge in [0.15, 0.2) is 0 Å². The zero-order valence-corrected chi connectivity index (χ0v) is 15.5. The normalized spacial score (nSPS) is 20.3. The van der Waals surface area contributed by atoms with Crippen LogP contribution in [0.15, 0.2) is 66.2 Å². The van der Waals surface area contributed by atoms with E-state index in [1.165, 1.54) is 16.6 Å². The molecule has 1 aromatic heterocycles. The average Bonchev–Trinajstić information content (AvgIpc) is 3.12. The van der Waals surface area contributed by atoms with Crippen LogP contribution in [0.2, 0.25) is 0 Å². The summed E-state index contributed by atoms with van der Waals surface area (Å²) in [4.78, 5) is 15.8. The predicted octanol–water partition coefficient (Wildman–Crippen LogP) is 1.17. The molecule has 142 valence electrons. The second kappa shape index (κ2) is 7.99. The van der Waals surface area contributed by atoms with E-state index in [4.69, 9.17) is 0 Å². The Balaban J connectivity index is 1.82. The van der Waals surface area contributed by atoms with Gasteiger partial charge >= 0.3 is 0 Å². The highest BCUT2D eigenvalue weighted by Crippen LogP contribution is 2.27. The SMILES string of the molecule is C=CC(=O)NC1CC(CO)N(S(=O)(=O)c2ccc(-c3ccccc3)nc2)C1. The number of rotatable bonds is 6. The topological polar surface area (TPSA) is 99.6 Å². The molecule has 27 heavy (non-hydrogen) atoms. The van der Waals surface area contributed by atoms with Crippen LogP contribution in [-0.4, -0.2) is 54.0 Å². The molecule has 2 atom stereocenters. The van der Waals surface area contributed by atoms with Crippen molar-refractivity contribution in [1.82, 2.24) is 14.6 Å². The Morgan fingerprint density at radius 1 is 1.30 bits per heavy atom. The number of aliphatic hydroxyl groups excluding tert-OH is 1. The summed E-state index contributed by atoms with van der Waals surface area (Å²) in [5.41, 5.74) is 1.56. The summed E-state index contributed by atoms with van der Waals surface area (Å²) in [5, 5.41) is 12.3. The fourth-order valence-electron chi connectivity index (χ4n) is 3.16. The van der Waals surface area contributed by atoms with Crippen LogP contribution in [0.3, 0.4) is 0 Å². The van der Waals surface area contributed by atoms with Crippen molar-refractivity contribution in [2.45, 2.75) is 23.4 Å². The molecule has 0 bridgehead atoms. The van der Waals surface area contributed by atoms with Crippen LogP contribution in [0, 0.1) is 0 Å². The largest absolute Gasteiger partial charge is 0.395 e. The molecule has 0 saturated carbocycles. The molecule has 0 radical (unpaired) electrons. The molecule has 7 nitrogen and oxygen atoms in total. The summed E-state index contributed by atoms with van der Waals surface area (Å²) in [7, 11) is -3.84. The third-order valence-electron chi connectivity index (χ3n) is 4.52. The lowest BCUT2D eigenvalue weighted by atomic mass is 10.1. The summed E-state index contributed by atoms with van der Waals surface area (Å²) in [6, 6.07) is 11.6. The van der Waals surface area contributed by atoms with Gasteiger partial charge in [-0.3, -0.25) is 9.78 Å². The van der Waals surface area contributed by atoms with Crippen molar-refractivity contribution in [2.24, 2.45) is 0 Å². The zero-order valence-electron chi connectivity index (χ0n) is 14.7. The first kappa shape index (κ1) is 19.2. The molecular weight excluding hydrogens is 366 g/mol. The maximum Gasteiger partial charge on any atom is 0.245 e. The molecule has 1 fully saturated rings. The Kier molecular flexibility index (Phi) is 5.69. The molecule has 1 aliphatic rings. The van der Waals surface area contributed by atoms with Gasteiger partial charge < -0.3 is 10.4 Å². The van der Waals surface area contributed by atoms with Gasteiger partial charge in [-0.15, -0.1) is 0 Å². The summed E-state index contributed by atoms with van der Waals surface area (Å²) >= 11 is 0. The molecule has 3 rings (SSSR count). The van der Waals surface area contributed by atoms with Crippen LogP contribution in [0.4, 0.5) is 0 Å². The van der Waals surface area contributed by atoms with Crippen molar-refractivity contribution >= 4 is 15.9 Å². The van der Waals surface area contributed by atoms with E-state index in [0.717, 1.165) is 11.6 Å². The Labute approximate surface area is 158 Å². The van der Waals surface area contributed by atoms with Gasteiger partial charge in [0.05, 0.1) is 18.3 Å². The Hall–Kier alpha value is -2.55. The van der Waals surface area contributed by atoms with Gasteiger partial charge in [0.1, 0.15) is 4.90 Å². The highest BCUT2D eigenvalue weighted by atomic mass is 32.2. The van der Waals surface area contributed by atoms with Crippen LogP contribution in [-0.2, 0) is 14.8 Å². The van der Waals surface area contributed by atoms with Crippen LogP contribution in [0.1, 0.15) is 6.42 Å². The van der Waals surface area contributed by atoms with Crippen molar-refractivity contribution in [3.8, 4) is 11.3 Å². The molecule has 0 spiro atoms. The van der Waals surface area contributed by atoms with E-state index in [2.05, 4.69) is 16.9 Å². The van der Waals surface area contributed by atoms with E-state index < -0.39 is 16.1 Å². The predicted molar refractivity (Wildman–Crippen MR) is 101 cm³/mol. The first-order valence-electron chi connectivity index (χ1n) is 8.53. The monoisotopic (exact) mass is 387 g/mol. The van der Waals surface area contributed by atoms with E-state index >= 15 is 0 Å². The lowest BCUT2D eigenvalue weighted by molar-refractivity contribution is -0.117. The number of pyridine rings is 1. The van der Waals surface area contributed by atoms with Crippen LogP contribution in [0.5, 0.6) is 0 Å². The Morgan fingerprint density at radius 3 is 2.63 bits per heavy atom. The van der Waals surface area contributed by atoms with E-state index in [0.29, 0.717) is 12.1 Å². The van der Waals surface area contributed by atoms with Gasteiger partial charge in [0.25, 0.3) is 0 Å². The number of benzene rings is 1. The standard InChI is InChI=1S/C19H21N3O4S/c1-2-19(24)21-15-10-16(13-23)22(12-15)27(25,26)17-8-9-18(20-11-17)14-6-4-3-5-7-14/h2-9,11,15-16,23H,1,10,12-13H2,(H,21,24). The van der Waals surface area contributed by atoms with Gasteiger partial charge in [0.2, 0.25) is 15.9 Å². The fraction of sp³-hybridized carbons (Fsp3) is 0.263. The third kappa shape index (κ3) is 4.08. The van der Waals surface area contributed by atoms with Gasteiger partial charge in [-0.1, -0.05) is 36.9 Å². The molecule has 2 N–H and O–H groups in total. The van der Waals surface area contributed by atoms with E-state index in [1.807, 2.05) is 30.3 Å². The molecule has 8 heteroatoms. The number of nitrogens with one attached hydrogen (secondary N) is 1. The summed E-state index contributed by atoms with van der Waals surface area (Å²) in [6.45, 7) is 3.16. The van der Waals surface area contributed by atoms with Gasteiger partial charge in [0, 0.05) is 24.3 Å². The number of sulfonamides is 1. The third-order valence-corrected chi connectivity index (χ3v) is 6.42. The number of aliphatic hydroxyl groups is 1. The number of aromatic nitrogens is 1. The van der Waals surface area contributed by atoms with Crippen molar-refractivity contribution in [3.63, 3.8) is 0 Å². The van der Waals surface area contributed by atoms with Gasteiger partial charge in [-0.05, 0) is 24.6 Å². The number of amides is 1. The first-order valence-corrected chi connectivity index (χ1v) is 9.97. The van der Waals surface area contributed by atoms with E-state index in [1.54, 1.807) is 6.07 Å². The molecular formula is C19H21N3O4S. The molecule has 2 heterocycles. The number of hydrogen-bond acceptors (Lipinski definition) is 5. The molecule has 2 aromatic rings. The lowest BCUT2D eigenvalue weighted by Crippen LogP contribution is -2.39. The molecule has 1 saturated heterocycles. The van der Waals surface area contributed by atoms with Crippen LogP contribution >= 0.6 is 0 Å². The second-order valence-corrected chi connectivity index (χ2v) is 8.19. The molecule has 2 unspecified atom stereocenters. The lowest BCUT2D eigenvalue weighted by Gasteiger charge is -2.22. The average molecular weight is 387 g/mol. The Bertz CT molecular complexity index is 914. The maximum atomic E-state index is 13.0. The number of carbonyl (C=O) groups is 1. The van der Waals surface area contributed by atoms with E-state index in [9.17, 15) is 18.3 Å². The highest BCUT2D eigenvalue weighted by molar-refractivity contribution is 7.89. The summed E-state index contributed by atoms with van der Waals surface area (Å²) in [6.07, 6.45) is 2.80. The molecule has 0 aliphatic carbocycles. The fourth-order valence-corrected chi connectivity index (χ4v) is 4.78. The number of carbonyl (C=O) groups excluding carboxylic acids is 1. The molecule has 1 aromatic carbocycles. The van der Waals surface area contributed by atoms with Crippen molar-refractivity contribution in [1.29, 1.82) is 0 Å². The van der Waals surface area contributed by atoms with Crippen molar-refractivity contribution < 1.29 is 18.3 Å². The first-order chi connectivity index (χ1) is 13.0. The van der Waals surface area contributed by atoms with Crippen molar-refractivity contribution in [2.75, 3.05) is 13.2 Å². The Morgan fingerprint density at radius 2 is 2.04 bits per heavy atom. The summed E-state index contributed by atoms with van der Waals surface area (Å²) < 4.78 is 27.2. The van der Waals surface area contributed by atoms with Gasteiger partial charge in [-0.25, -0.2) is 8.42 Å². The maximum absolute atomic E-state index is 13.0. The van der Waals surface area contributed by atoms with Crippen LogP contribution in [0.25, 0.3) is 11.3 Å². The minimum absolute atomic E-state index is 0.0522. The van der Waals surface area contributed by atoms with E-state index in [-0.39, 0.29) is 30.0 Å². The summed E-state index contributed by atoms with van der Waals surface area (Å²) in [5.74, 6) is -0.371. The zero-order chi connectivity index (χ0) is 19.4. The highest BCUT2D eigenvalue weighted by Gasteiger charge is 2.40. The number of nitrogens with zero attached hydrogens (tertiary/aromatic N) is 2. The number of hydrogen-bond donors (Lipinski definition) is 2. The van der Waals surface area contributed by atoms with Crippen LogP contribution < -0.4 is 5.32 Å². The van der Waals surface area contributed by atoms with Crippen molar-refractivity contribution in [3.05, 3.63) is 61.3 Å².